The zero-order chi connectivity index (χ0) is 38.4. The molecule has 1 unspecified atom stereocenters. The first-order chi connectivity index (χ1) is 28.6. The van der Waals surface area contributed by atoms with E-state index in [4.69, 9.17) is 24.1 Å². The van der Waals surface area contributed by atoms with Gasteiger partial charge in [0, 0.05) is 38.6 Å². The van der Waals surface area contributed by atoms with Gasteiger partial charge in [0.25, 0.3) is 0 Å². The summed E-state index contributed by atoms with van der Waals surface area (Å²) in [4.78, 5) is 15.5. The number of benzene rings is 8. The van der Waals surface area contributed by atoms with Crippen molar-refractivity contribution in [2.24, 2.45) is 0 Å². The van der Waals surface area contributed by atoms with E-state index in [-0.39, 0.29) is 0 Å². The number of para-hydroxylation sites is 2. The molecule has 1 atom stereocenters. The van der Waals surface area contributed by atoms with Crippen LogP contribution in [0.1, 0.15) is 27.8 Å². The molecule has 5 heteroatoms. The number of ether oxygens (including phenoxy) is 1. The molecule has 0 bridgehead atoms. The fourth-order valence-corrected chi connectivity index (χ4v) is 9.34. The third kappa shape index (κ3) is 4.74. The van der Waals surface area contributed by atoms with Crippen LogP contribution in [0.2, 0.25) is 0 Å². The summed E-state index contributed by atoms with van der Waals surface area (Å²) in [5.41, 5.74) is 13.7. The first kappa shape index (κ1) is 32.6. The van der Waals surface area contributed by atoms with E-state index < -0.39 is 5.41 Å². The Kier molecular flexibility index (Phi) is 6.99. The zero-order valence-electron chi connectivity index (χ0n) is 31.5. The van der Waals surface area contributed by atoms with Gasteiger partial charge in [-0.25, -0.2) is 15.0 Å². The minimum Gasteiger partial charge on any atom is -0.457 e. The lowest BCUT2D eigenvalue weighted by Gasteiger charge is -2.42. The molecular weight excluding hydrogens is 711 g/mol. The van der Waals surface area contributed by atoms with Gasteiger partial charge in [0.15, 0.2) is 17.5 Å². The molecule has 3 heterocycles. The van der Waals surface area contributed by atoms with Crippen molar-refractivity contribution in [1.29, 1.82) is 0 Å². The van der Waals surface area contributed by atoms with E-state index in [9.17, 15) is 0 Å². The maximum Gasteiger partial charge on any atom is 0.164 e. The lowest BCUT2D eigenvalue weighted by atomic mass is 9.62. The number of fused-ring (bicyclic) bond motifs is 14. The van der Waals surface area contributed by atoms with Gasteiger partial charge in [0.2, 0.25) is 0 Å². The average molecular weight is 744 g/mol. The number of furan rings is 1. The number of hydrogen-bond donors (Lipinski definition) is 0. The van der Waals surface area contributed by atoms with Crippen molar-refractivity contribution in [2.45, 2.75) is 12.3 Å². The van der Waals surface area contributed by atoms with Gasteiger partial charge in [-0.05, 0) is 76.7 Å². The van der Waals surface area contributed by atoms with Gasteiger partial charge in [-0.15, -0.1) is 0 Å². The van der Waals surface area contributed by atoms with E-state index in [1.54, 1.807) is 0 Å². The molecule has 0 saturated carbocycles. The SMILES string of the molecule is Cc1cccc(-c2nc(-c3ccccc3)nc(-c3ccc4c(c3)C3(c5ccccc5Oc5cc6c(cc53)oc3ccccc36)c3ccccc3-c3ccccc3-4)n2)c1. The molecule has 10 aromatic rings. The summed E-state index contributed by atoms with van der Waals surface area (Å²) in [6.07, 6.45) is 0. The van der Waals surface area contributed by atoms with Gasteiger partial charge in [-0.2, -0.15) is 0 Å². The van der Waals surface area contributed by atoms with Crippen molar-refractivity contribution in [3.63, 3.8) is 0 Å². The van der Waals surface area contributed by atoms with Gasteiger partial charge < -0.3 is 9.15 Å². The summed E-state index contributed by atoms with van der Waals surface area (Å²) in [7, 11) is 0. The van der Waals surface area contributed by atoms with E-state index >= 15 is 0 Å². The Balaban J connectivity index is 1.21. The molecule has 0 amide bonds. The number of aryl methyl sites for hydroxylation is 1. The summed E-state index contributed by atoms with van der Waals surface area (Å²) >= 11 is 0. The first-order valence-corrected chi connectivity index (χ1v) is 19.6. The molecule has 2 aromatic heterocycles. The lowest BCUT2D eigenvalue weighted by molar-refractivity contribution is 0.435. The predicted molar refractivity (Wildman–Crippen MR) is 231 cm³/mol. The molecule has 12 rings (SSSR count). The van der Waals surface area contributed by atoms with Crippen LogP contribution in [0, 0.1) is 6.92 Å². The highest BCUT2D eigenvalue weighted by Gasteiger charge is 2.49. The van der Waals surface area contributed by atoms with Crippen molar-refractivity contribution in [3.8, 4) is 67.9 Å². The van der Waals surface area contributed by atoms with Crippen molar-refractivity contribution in [2.75, 3.05) is 0 Å². The number of nitrogens with zero attached hydrogens (tertiary/aromatic N) is 3. The molecule has 1 spiro atoms. The summed E-state index contributed by atoms with van der Waals surface area (Å²) in [5, 5.41) is 2.08. The van der Waals surface area contributed by atoms with Crippen LogP contribution in [0.25, 0.3) is 78.4 Å². The van der Waals surface area contributed by atoms with Crippen molar-refractivity contribution < 1.29 is 9.15 Å². The maximum atomic E-state index is 6.96. The summed E-state index contributed by atoms with van der Waals surface area (Å²) < 4.78 is 13.6. The number of aromatic nitrogens is 3. The Hall–Kier alpha value is -7.63. The largest absolute Gasteiger partial charge is 0.457 e. The van der Waals surface area contributed by atoms with Gasteiger partial charge >= 0.3 is 0 Å². The number of hydrogen-bond acceptors (Lipinski definition) is 5. The topological polar surface area (TPSA) is 61.0 Å². The van der Waals surface area contributed by atoms with Crippen LogP contribution in [0.3, 0.4) is 0 Å². The lowest BCUT2D eigenvalue weighted by Crippen LogP contribution is -2.34. The van der Waals surface area contributed by atoms with E-state index in [1.165, 1.54) is 5.56 Å². The molecule has 8 aromatic carbocycles. The smallest absolute Gasteiger partial charge is 0.164 e. The molecule has 0 N–H and O–H groups in total. The summed E-state index contributed by atoms with van der Waals surface area (Å²) in [5.74, 6) is 3.46. The zero-order valence-corrected chi connectivity index (χ0v) is 31.5. The Bertz CT molecular complexity index is 3290. The standard InChI is InChI=1S/C53H33N3O2/c1-32-14-13-17-34(28-32)51-54-50(33-15-3-2-4-16-33)55-52(56-51)35-26-27-39-37-19-6-5-18-36(37)38-20-7-9-22-42(38)53(44(39)29-35)43-23-10-12-25-47(43)58-49-30-41-40-21-8-11-24-46(40)57-48(41)31-45(49)53/h2-31H,1H3. The highest BCUT2D eigenvalue weighted by Crippen LogP contribution is 2.61. The minimum atomic E-state index is -0.840. The van der Waals surface area contributed by atoms with Crippen LogP contribution >= 0.6 is 0 Å². The second kappa shape index (κ2) is 12.4. The van der Waals surface area contributed by atoms with Crippen LogP contribution in [0.5, 0.6) is 11.5 Å². The summed E-state index contributed by atoms with van der Waals surface area (Å²) in [6.45, 7) is 2.09. The van der Waals surface area contributed by atoms with E-state index in [2.05, 4.69) is 146 Å². The molecule has 2 aliphatic rings. The van der Waals surface area contributed by atoms with Crippen LogP contribution in [-0.4, -0.2) is 15.0 Å². The van der Waals surface area contributed by atoms with Gasteiger partial charge in [0.1, 0.15) is 22.7 Å². The maximum absolute atomic E-state index is 6.96. The molecule has 0 saturated heterocycles. The molecule has 1 aliphatic carbocycles. The molecule has 5 nitrogen and oxygen atoms in total. The third-order valence-corrected chi connectivity index (χ3v) is 11.9. The van der Waals surface area contributed by atoms with E-state index in [0.717, 1.165) is 94.6 Å². The molecular formula is C53H33N3O2. The highest BCUT2D eigenvalue weighted by atomic mass is 16.5. The fraction of sp³-hybridized carbons (Fsp3) is 0.0377. The molecule has 0 fully saturated rings. The number of rotatable bonds is 3. The Morgan fingerprint density at radius 1 is 0.379 bits per heavy atom. The quantitative estimate of drug-likeness (QED) is 0.180. The normalized spacial score (nSPS) is 14.8. The van der Waals surface area contributed by atoms with Crippen molar-refractivity contribution >= 4 is 21.9 Å². The van der Waals surface area contributed by atoms with Crippen LogP contribution in [0.15, 0.2) is 186 Å². The van der Waals surface area contributed by atoms with Crippen LogP contribution < -0.4 is 4.74 Å². The van der Waals surface area contributed by atoms with Crippen molar-refractivity contribution in [3.05, 3.63) is 210 Å². The predicted octanol–water partition coefficient (Wildman–Crippen LogP) is 13.2. The molecule has 58 heavy (non-hydrogen) atoms. The Labute approximate surface area is 334 Å². The Morgan fingerprint density at radius 2 is 1.00 bits per heavy atom. The van der Waals surface area contributed by atoms with E-state index in [1.807, 2.05) is 42.5 Å². The van der Waals surface area contributed by atoms with Crippen LogP contribution in [-0.2, 0) is 5.41 Å². The third-order valence-electron chi connectivity index (χ3n) is 11.9. The van der Waals surface area contributed by atoms with Gasteiger partial charge in [-0.3, -0.25) is 0 Å². The average Bonchev–Trinajstić information content (AvgIpc) is 3.60. The van der Waals surface area contributed by atoms with Crippen molar-refractivity contribution in [1.82, 2.24) is 15.0 Å². The molecule has 272 valence electrons. The Morgan fingerprint density at radius 3 is 1.79 bits per heavy atom. The summed E-state index contributed by atoms with van der Waals surface area (Å²) in [6, 6.07) is 63.9. The second-order valence-electron chi connectivity index (χ2n) is 15.2. The van der Waals surface area contributed by atoms with Gasteiger partial charge in [0.05, 0.1) is 5.41 Å². The fourth-order valence-electron chi connectivity index (χ4n) is 9.34. The second-order valence-corrected chi connectivity index (χ2v) is 15.2. The van der Waals surface area contributed by atoms with Gasteiger partial charge in [-0.1, -0.05) is 151 Å². The monoisotopic (exact) mass is 743 g/mol. The molecule has 0 radical (unpaired) electrons. The highest BCUT2D eigenvalue weighted by molar-refractivity contribution is 6.06. The first-order valence-electron chi connectivity index (χ1n) is 19.6. The minimum absolute atomic E-state index is 0.599. The van der Waals surface area contributed by atoms with Crippen LogP contribution in [0.4, 0.5) is 0 Å². The van der Waals surface area contributed by atoms with E-state index in [0.29, 0.717) is 17.5 Å². The molecule has 1 aliphatic heterocycles.